The van der Waals surface area contributed by atoms with Crippen LogP contribution < -0.4 is 9.80 Å². The lowest BCUT2D eigenvalue weighted by atomic mass is 9.69. The number of hydrogen-bond acceptors (Lipinski definition) is 2. The molecule has 2 heteroatoms. The number of fused-ring (bicyclic) bond motifs is 20. The van der Waals surface area contributed by atoms with E-state index in [1.165, 1.54) is 145 Å². The first-order valence-corrected chi connectivity index (χ1v) is 38.1. The van der Waals surface area contributed by atoms with Gasteiger partial charge in [0.25, 0.3) is 0 Å². The van der Waals surface area contributed by atoms with Gasteiger partial charge in [-0.15, -0.1) is 0 Å². The molecular weight excluding hydrogens is 1300 g/mol. The second kappa shape index (κ2) is 24.9. The summed E-state index contributed by atoms with van der Waals surface area (Å²) in [5.74, 6) is 0. The van der Waals surface area contributed by atoms with E-state index in [1.54, 1.807) is 0 Å². The third-order valence-electron chi connectivity index (χ3n) is 23.8. The van der Waals surface area contributed by atoms with Crippen LogP contribution in [-0.4, -0.2) is 0 Å². The van der Waals surface area contributed by atoms with E-state index in [0.29, 0.717) is 0 Å². The summed E-state index contributed by atoms with van der Waals surface area (Å²) in [5, 5.41) is 0. The van der Waals surface area contributed by atoms with Crippen molar-refractivity contribution in [3.8, 4) is 100 Å². The molecule has 108 heavy (non-hydrogen) atoms. The van der Waals surface area contributed by atoms with Gasteiger partial charge < -0.3 is 9.80 Å². The third kappa shape index (κ3) is 10.00. The first-order valence-electron chi connectivity index (χ1n) is 38.1. The minimum absolute atomic E-state index is 0.0392. The third-order valence-corrected chi connectivity index (χ3v) is 23.8. The van der Waals surface area contributed by atoms with Crippen LogP contribution in [0.15, 0.2) is 376 Å². The van der Waals surface area contributed by atoms with Gasteiger partial charge in [-0.2, -0.15) is 0 Å². The Morgan fingerprint density at radius 2 is 0.519 bits per heavy atom. The van der Waals surface area contributed by atoms with Gasteiger partial charge in [0, 0.05) is 34.0 Å². The molecule has 0 saturated heterocycles. The molecular formula is C106H80N2. The molecule has 0 bridgehead atoms. The lowest BCUT2D eigenvalue weighted by Gasteiger charge is -2.32. The van der Waals surface area contributed by atoms with Crippen molar-refractivity contribution in [2.45, 2.75) is 63.2 Å². The highest BCUT2D eigenvalue weighted by atomic mass is 15.1. The highest BCUT2D eigenvalue weighted by Gasteiger charge is 2.54. The highest BCUT2D eigenvalue weighted by molar-refractivity contribution is 6.03. The average Bonchev–Trinajstić information content (AvgIpc) is 1.51. The number of benzene rings is 16. The van der Waals surface area contributed by atoms with E-state index in [1.807, 2.05) is 0 Å². The van der Waals surface area contributed by atoms with Crippen LogP contribution in [0.4, 0.5) is 34.1 Å². The molecule has 1 unspecified atom stereocenters. The molecule has 514 valence electrons. The molecule has 2 nitrogen and oxygen atoms in total. The Kier molecular flexibility index (Phi) is 14.9. The van der Waals surface area contributed by atoms with Gasteiger partial charge in [-0.25, -0.2) is 0 Å². The predicted octanol–water partition coefficient (Wildman–Crippen LogP) is 28.2. The van der Waals surface area contributed by atoms with E-state index in [9.17, 15) is 0 Å². The van der Waals surface area contributed by atoms with Crippen molar-refractivity contribution in [1.29, 1.82) is 0 Å². The van der Waals surface area contributed by atoms with Crippen molar-refractivity contribution in [3.63, 3.8) is 0 Å². The molecule has 0 fully saturated rings. The smallest absolute Gasteiger partial charge is 0.0725 e. The van der Waals surface area contributed by atoms with Crippen LogP contribution >= 0.6 is 0 Å². The normalized spacial score (nSPS) is 14.3. The zero-order valence-electron chi connectivity index (χ0n) is 61.7. The lowest BCUT2D eigenvalue weighted by molar-refractivity contribution is 0.588. The Labute approximate surface area is 634 Å². The van der Waals surface area contributed by atoms with Gasteiger partial charge >= 0.3 is 0 Å². The summed E-state index contributed by atoms with van der Waals surface area (Å²) in [4.78, 5) is 4.93. The Bertz CT molecular complexity index is 6190. The van der Waals surface area contributed by atoms with Crippen molar-refractivity contribution in [2.24, 2.45) is 0 Å². The largest absolute Gasteiger partial charge is 0.310 e. The fourth-order valence-corrected chi connectivity index (χ4v) is 18.8. The van der Waals surface area contributed by atoms with Crippen LogP contribution in [0.5, 0.6) is 0 Å². The van der Waals surface area contributed by atoms with Crippen LogP contribution in [0.3, 0.4) is 0 Å². The second-order valence-electron chi connectivity index (χ2n) is 31.9. The van der Waals surface area contributed by atoms with Gasteiger partial charge in [0.05, 0.1) is 16.5 Å². The average molecular weight is 1380 g/mol. The SMILES string of the molecule is CC(C)(C)c1ccc2c(c1)C1(c3ccccc3-c3ccccc31)c1ccc(N(c3ccc(-c4ccccc4)cc3)c3ccc(-c4cccc(-c5cccc6c5-c5ccccc5C65c6ccc(N(c7ccc(-c8ccccc8)cc7)c7ccccc7-c7ccccc7)cc6-c6ccc(C(C)(C)C)cc65)c4)cc3)cc1-2. The van der Waals surface area contributed by atoms with Gasteiger partial charge in [0.15, 0.2) is 0 Å². The van der Waals surface area contributed by atoms with E-state index in [4.69, 9.17) is 0 Å². The molecule has 2 spiro atoms. The maximum atomic E-state index is 2.55. The first-order chi connectivity index (χ1) is 52.8. The summed E-state index contributed by atoms with van der Waals surface area (Å²) in [7, 11) is 0. The number of hydrogen-bond donors (Lipinski definition) is 0. The van der Waals surface area contributed by atoms with E-state index >= 15 is 0 Å². The number of rotatable bonds is 11. The van der Waals surface area contributed by atoms with Crippen LogP contribution in [0.2, 0.25) is 0 Å². The Balaban J connectivity index is 0.706. The molecule has 16 aromatic carbocycles. The Morgan fingerprint density at radius 1 is 0.185 bits per heavy atom. The molecule has 0 amide bonds. The summed E-state index contributed by atoms with van der Waals surface area (Å²) in [6, 6.07) is 142. The standard InChI is InChI=1S/C106H80N2/c1-103(2,3)77-50-60-88-91-67-82(58-62-96(91)105(99(88)65-77)93-39-20-16-35-86(93)87-36-17-21-40-94(87)105)107(79-52-44-71(45-53-79)69-26-10-7-11-27-69)80-54-48-73(49-55-80)75-32-24-33-76(64-75)85-38-25-42-98-102(85)90-37-18-22-41-95(90)106(98)97-63-59-83(68-92(97)89-61-51-78(66-100(89)106)104(4,5)6)108(81-56-46-72(47-57-81)70-28-12-8-13-29-70)101-43-23-19-34-84(101)74-30-14-9-15-31-74/h7-68H,1-6H3. The highest BCUT2D eigenvalue weighted by Crippen LogP contribution is 2.67. The van der Waals surface area contributed by atoms with E-state index in [2.05, 4.69) is 427 Å². The monoisotopic (exact) mass is 1380 g/mol. The fraction of sp³-hybridized carbons (Fsp3) is 0.0943. The van der Waals surface area contributed by atoms with Crippen molar-refractivity contribution >= 4 is 34.1 Å². The predicted molar refractivity (Wildman–Crippen MR) is 453 cm³/mol. The molecule has 16 aromatic rings. The summed E-state index contributed by atoms with van der Waals surface area (Å²) in [6.45, 7) is 14.1. The maximum absolute atomic E-state index is 2.55. The molecule has 20 rings (SSSR count). The van der Waals surface area contributed by atoms with Crippen molar-refractivity contribution in [3.05, 3.63) is 432 Å². The molecule has 0 aliphatic heterocycles. The van der Waals surface area contributed by atoms with Crippen molar-refractivity contribution in [1.82, 2.24) is 0 Å². The summed E-state index contributed by atoms with van der Waals surface area (Å²) in [6.07, 6.45) is 0. The van der Waals surface area contributed by atoms with Gasteiger partial charge in [0.2, 0.25) is 0 Å². The molecule has 4 aliphatic carbocycles. The number of para-hydroxylation sites is 1. The minimum atomic E-state index is -0.607. The van der Waals surface area contributed by atoms with Crippen LogP contribution in [0, 0.1) is 0 Å². The van der Waals surface area contributed by atoms with E-state index < -0.39 is 10.8 Å². The number of nitrogens with zero attached hydrogens (tertiary/aromatic N) is 2. The molecule has 4 aliphatic rings. The quantitative estimate of drug-likeness (QED) is 0.127. The molecule has 1 atom stereocenters. The summed E-state index contributed by atoms with van der Waals surface area (Å²) < 4.78 is 0. The molecule has 0 radical (unpaired) electrons. The molecule has 0 aromatic heterocycles. The van der Waals surface area contributed by atoms with Crippen LogP contribution in [0.1, 0.15) is 97.2 Å². The molecule has 0 saturated carbocycles. The second-order valence-corrected chi connectivity index (χ2v) is 31.9. The Hall–Kier alpha value is -12.9. The molecule has 0 N–H and O–H groups in total. The van der Waals surface area contributed by atoms with Crippen molar-refractivity contribution < 1.29 is 0 Å². The number of anilines is 6. The van der Waals surface area contributed by atoms with Gasteiger partial charge in [0.1, 0.15) is 0 Å². The van der Waals surface area contributed by atoms with E-state index in [0.717, 1.165) is 45.3 Å². The lowest BCUT2D eigenvalue weighted by Crippen LogP contribution is -2.26. The molecule has 0 heterocycles. The van der Waals surface area contributed by atoms with Gasteiger partial charge in [-0.3, -0.25) is 0 Å². The van der Waals surface area contributed by atoms with Gasteiger partial charge in [-0.05, 0) is 234 Å². The topological polar surface area (TPSA) is 6.48 Å². The zero-order valence-corrected chi connectivity index (χ0v) is 61.7. The maximum Gasteiger partial charge on any atom is 0.0725 e. The summed E-state index contributed by atoms with van der Waals surface area (Å²) in [5.41, 5.74) is 40.8. The van der Waals surface area contributed by atoms with Crippen LogP contribution in [-0.2, 0) is 21.7 Å². The fourth-order valence-electron chi connectivity index (χ4n) is 18.8. The zero-order chi connectivity index (χ0) is 72.6. The van der Waals surface area contributed by atoms with Crippen LogP contribution in [0.25, 0.3) is 100 Å². The summed E-state index contributed by atoms with van der Waals surface area (Å²) >= 11 is 0. The van der Waals surface area contributed by atoms with E-state index in [-0.39, 0.29) is 10.8 Å². The first kappa shape index (κ1) is 64.7. The van der Waals surface area contributed by atoms with Crippen molar-refractivity contribution in [2.75, 3.05) is 9.80 Å². The van der Waals surface area contributed by atoms with Gasteiger partial charge in [-0.1, -0.05) is 345 Å². The minimum Gasteiger partial charge on any atom is -0.310 e. The Morgan fingerprint density at radius 3 is 1.03 bits per heavy atom.